The van der Waals surface area contributed by atoms with Gasteiger partial charge in [0.05, 0.1) is 11.1 Å². The number of fused-ring (bicyclic) bond motifs is 1. The Hall–Kier alpha value is -1.20. The van der Waals surface area contributed by atoms with Crippen molar-refractivity contribution in [2.45, 2.75) is 25.3 Å². The first-order chi connectivity index (χ1) is 9.13. The minimum atomic E-state index is -0.174. The fourth-order valence-corrected chi connectivity index (χ4v) is 3.53. The summed E-state index contributed by atoms with van der Waals surface area (Å²) >= 11 is 3.34. The van der Waals surface area contributed by atoms with Crippen molar-refractivity contribution in [1.82, 2.24) is 4.90 Å². The summed E-state index contributed by atoms with van der Waals surface area (Å²) in [5.41, 5.74) is 6.77. The van der Waals surface area contributed by atoms with Crippen LogP contribution in [0.5, 0.6) is 0 Å². The lowest BCUT2D eigenvalue weighted by Gasteiger charge is -2.27. The van der Waals surface area contributed by atoms with Gasteiger partial charge >= 0.3 is 0 Å². The largest absolute Gasteiger partial charge is 0.330 e. The summed E-state index contributed by atoms with van der Waals surface area (Å²) in [6, 6.07) is 5.20. The van der Waals surface area contributed by atoms with Crippen LogP contribution in [-0.2, 0) is 0 Å². The summed E-state index contributed by atoms with van der Waals surface area (Å²) in [5.74, 6) is -0.102. The number of hydrogen-bond acceptors (Lipinski definition) is 3. The zero-order valence-corrected chi connectivity index (χ0v) is 12.0. The molecular formula is C14H15BrN2O2. The van der Waals surface area contributed by atoms with Crippen molar-refractivity contribution in [3.63, 3.8) is 0 Å². The van der Waals surface area contributed by atoms with Crippen molar-refractivity contribution < 1.29 is 9.59 Å². The Morgan fingerprint density at radius 3 is 2.68 bits per heavy atom. The predicted molar refractivity (Wildman–Crippen MR) is 74.8 cm³/mol. The molecule has 2 N–H and O–H groups in total. The molecular weight excluding hydrogens is 308 g/mol. The average molecular weight is 323 g/mol. The van der Waals surface area contributed by atoms with E-state index in [9.17, 15) is 9.59 Å². The molecule has 1 saturated carbocycles. The fraction of sp³-hybridized carbons (Fsp3) is 0.429. The number of halogens is 1. The number of imide groups is 1. The molecule has 1 heterocycles. The van der Waals surface area contributed by atoms with E-state index >= 15 is 0 Å². The van der Waals surface area contributed by atoms with Crippen molar-refractivity contribution in [1.29, 1.82) is 0 Å². The lowest BCUT2D eigenvalue weighted by molar-refractivity contribution is 0.0552. The van der Waals surface area contributed by atoms with Gasteiger partial charge in [0, 0.05) is 10.5 Å². The van der Waals surface area contributed by atoms with E-state index in [1.807, 2.05) is 0 Å². The highest BCUT2D eigenvalue weighted by Gasteiger charge is 2.43. The third kappa shape index (κ3) is 1.92. The molecule has 4 nitrogen and oxygen atoms in total. The van der Waals surface area contributed by atoms with Gasteiger partial charge in [-0.1, -0.05) is 22.4 Å². The highest BCUT2D eigenvalue weighted by molar-refractivity contribution is 9.10. The third-order valence-electron chi connectivity index (χ3n) is 4.13. The lowest BCUT2D eigenvalue weighted by Crippen LogP contribution is -2.43. The van der Waals surface area contributed by atoms with E-state index in [0.29, 0.717) is 17.7 Å². The molecule has 2 aliphatic rings. The van der Waals surface area contributed by atoms with E-state index in [4.69, 9.17) is 5.73 Å². The molecule has 2 unspecified atom stereocenters. The van der Waals surface area contributed by atoms with Crippen molar-refractivity contribution >= 4 is 27.7 Å². The van der Waals surface area contributed by atoms with E-state index in [0.717, 1.165) is 23.7 Å². The number of amides is 2. The van der Waals surface area contributed by atoms with Crippen LogP contribution < -0.4 is 5.73 Å². The van der Waals surface area contributed by atoms with Crippen LogP contribution in [0.3, 0.4) is 0 Å². The highest BCUT2D eigenvalue weighted by Crippen LogP contribution is 2.35. The maximum absolute atomic E-state index is 12.5. The van der Waals surface area contributed by atoms with Gasteiger partial charge in [-0.3, -0.25) is 14.5 Å². The first kappa shape index (κ1) is 12.8. The van der Waals surface area contributed by atoms with E-state index in [1.165, 1.54) is 4.90 Å². The van der Waals surface area contributed by atoms with Crippen molar-refractivity contribution in [2.24, 2.45) is 11.7 Å². The third-order valence-corrected chi connectivity index (χ3v) is 4.63. The second kappa shape index (κ2) is 4.72. The second-order valence-electron chi connectivity index (χ2n) is 5.16. The molecule has 3 rings (SSSR count). The van der Waals surface area contributed by atoms with Gasteiger partial charge in [0.25, 0.3) is 11.8 Å². The number of nitrogens with zero attached hydrogens (tertiary/aromatic N) is 1. The van der Waals surface area contributed by atoms with Crippen LogP contribution in [0.25, 0.3) is 0 Å². The Balaban J connectivity index is 1.98. The summed E-state index contributed by atoms with van der Waals surface area (Å²) in [6.45, 7) is 0.530. The van der Waals surface area contributed by atoms with Gasteiger partial charge in [0.15, 0.2) is 0 Å². The Morgan fingerprint density at radius 1 is 1.21 bits per heavy atom. The van der Waals surface area contributed by atoms with Crippen LogP contribution in [0.2, 0.25) is 0 Å². The molecule has 0 radical (unpaired) electrons. The molecule has 1 aromatic rings. The van der Waals surface area contributed by atoms with Crippen LogP contribution in [0.15, 0.2) is 22.7 Å². The maximum Gasteiger partial charge on any atom is 0.261 e. The summed E-state index contributed by atoms with van der Waals surface area (Å²) in [4.78, 5) is 26.3. The first-order valence-electron chi connectivity index (χ1n) is 6.51. The Bertz CT molecular complexity index is 558. The topological polar surface area (TPSA) is 63.4 Å². The molecule has 1 aliphatic carbocycles. The smallest absolute Gasteiger partial charge is 0.261 e. The molecule has 2 atom stereocenters. The van der Waals surface area contributed by atoms with E-state index in [2.05, 4.69) is 15.9 Å². The fourth-order valence-electron chi connectivity index (χ4n) is 3.17. The van der Waals surface area contributed by atoms with Gasteiger partial charge < -0.3 is 5.73 Å². The monoisotopic (exact) mass is 322 g/mol. The second-order valence-corrected chi connectivity index (χ2v) is 6.08. The number of carbonyl (C=O) groups excluding carboxylic acids is 2. The van der Waals surface area contributed by atoms with Crippen LogP contribution in [-0.4, -0.2) is 29.3 Å². The van der Waals surface area contributed by atoms with Crippen molar-refractivity contribution in [3.8, 4) is 0 Å². The number of benzene rings is 1. The van der Waals surface area contributed by atoms with Gasteiger partial charge in [-0.05, 0) is 43.5 Å². The number of hydrogen-bond donors (Lipinski definition) is 1. The summed E-state index contributed by atoms with van der Waals surface area (Å²) in [7, 11) is 0. The minimum Gasteiger partial charge on any atom is -0.330 e. The molecule has 0 bridgehead atoms. The molecule has 2 amide bonds. The zero-order chi connectivity index (χ0) is 13.6. The molecule has 0 spiro atoms. The summed E-state index contributed by atoms with van der Waals surface area (Å²) < 4.78 is 0.816. The normalized spacial score (nSPS) is 26.1. The maximum atomic E-state index is 12.5. The standard InChI is InChI=1S/C14H15BrN2O2/c15-9-4-5-10-11(6-9)14(19)17(13(10)18)12-3-1-2-8(12)7-16/h4-6,8,12H,1-3,7,16H2. The lowest BCUT2D eigenvalue weighted by atomic mass is 10.0. The molecule has 100 valence electrons. The van der Waals surface area contributed by atoms with Crippen LogP contribution in [0.1, 0.15) is 40.0 Å². The van der Waals surface area contributed by atoms with Crippen molar-refractivity contribution in [2.75, 3.05) is 6.54 Å². The van der Waals surface area contributed by atoms with Crippen LogP contribution in [0, 0.1) is 5.92 Å². The van der Waals surface area contributed by atoms with E-state index in [1.54, 1.807) is 18.2 Å². The van der Waals surface area contributed by atoms with Gasteiger partial charge in [-0.25, -0.2) is 0 Å². The number of nitrogens with two attached hydrogens (primary N) is 1. The summed E-state index contributed by atoms with van der Waals surface area (Å²) in [6.07, 6.45) is 2.90. The van der Waals surface area contributed by atoms with Gasteiger partial charge in [-0.2, -0.15) is 0 Å². The molecule has 5 heteroatoms. The van der Waals surface area contributed by atoms with E-state index in [-0.39, 0.29) is 23.8 Å². The predicted octanol–water partition coefficient (Wildman–Crippen LogP) is 2.17. The Morgan fingerprint density at radius 2 is 1.95 bits per heavy atom. The minimum absolute atomic E-state index is 0.0313. The number of rotatable bonds is 2. The van der Waals surface area contributed by atoms with Gasteiger partial charge in [0.2, 0.25) is 0 Å². The molecule has 0 saturated heterocycles. The Labute approximate surface area is 120 Å². The van der Waals surface area contributed by atoms with Crippen molar-refractivity contribution in [3.05, 3.63) is 33.8 Å². The Kier molecular flexibility index (Phi) is 3.19. The van der Waals surface area contributed by atoms with Crippen LogP contribution in [0.4, 0.5) is 0 Å². The first-order valence-corrected chi connectivity index (χ1v) is 7.30. The van der Waals surface area contributed by atoms with Gasteiger partial charge in [-0.15, -0.1) is 0 Å². The van der Waals surface area contributed by atoms with Crippen LogP contribution >= 0.6 is 15.9 Å². The SMILES string of the molecule is NCC1CCCC1N1C(=O)c2ccc(Br)cc2C1=O. The summed E-state index contributed by atoms with van der Waals surface area (Å²) in [5, 5.41) is 0. The zero-order valence-electron chi connectivity index (χ0n) is 10.4. The van der Waals surface area contributed by atoms with E-state index < -0.39 is 0 Å². The molecule has 1 fully saturated rings. The molecule has 1 aliphatic heterocycles. The number of carbonyl (C=O) groups is 2. The van der Waals surface area contributed by atoms with Gasteiger partial charge in [0.1, 0.15) is 0 Å². The average Bonchev–Trinajstić information content (AvgIpc) is 2.94. The molecule has 0 aromatic heterocycles. The quantitative estimate of drug-likeness (QED) is 0.849. The highest BCUT2D eigenvalue weighted by atomic mass is 79.9. The molecule has 1 aromatic carbocycles. The molecule has 19 heavy (non-hydrogen) atoms.